The predicted octanol–water partition coefficient (Wildman–Crippen LogP) is 2.45. The van der Waals surface area contributed by atoms with Crippen molar-refractivity contribution in [2.45, 2.75) is 18.6 Å². The maximum absolute atomic E-state index is 5.34. The monoisotopic (exact) mass is 250 g/mol. The molecular weight excluding hydrogens is 236 g/mol. The number of nitrogens with zero attached hydrogens (tertiary/aromatic N) is 1. The van der Waals surface area contributed by atoms with Gasteiger partial charge in [-0.2, -0.15) is 0 Å². The summed E-state index contributed by atoms with van der Waals surface area (Å²) < 4.78 is 10.4. The molecule has 1 N–H and O–H groups in total. The van der Waals surface area contributed by atoms with Gasteiger partial charge in [0.25, 0.3) is 0 Å². The van der Waals surface area contributed by atoms with E-state index in [1.165, 1.54) is 0 Å². The smallest absolute Gasteiger partial charge is 0.126 e. The van der Waals surface area contributed by atoms with Gasteiger partial charge in [0.1, 0.15) is 11.3 Å². The fraction of sp³-hybridized carbons (Fsp3) is 0.417. The van der Waals surface area contributed by atoms with Crippen molar-refractivity contribution in [3.8, 4) is 10.6 Å². The zero-order chi connectivity index (χ0) is 11.7. The Balaban J connectivity index is 1.77. The Hall–Kier alpha value is -1.17. The van der Waals surface area contributed by atoms with E-state index >= 15 is 0 Å². The van der Waals surface area contributed by atoms with Crippen LogP contribution >= 0.6 is 11.3 Å². The lowest BCUT2D eigenvalue weighted by Gasteiger charge is -2.06. The third-order valence-corrected chi connectivity index (χ3v) is 3.98. The number of aromatic nitrogens is 1. The number of rotatable bonds is 3. The van der Waals surface area contributed by atoms with Crippen LogP contribution in [-0.4, -0.2) is 24.7 Å². The molecule has 1 saturated heterocycles. The van der Waals surface area contributed by atoms with Crippen LogP contribution in [0.2, 0.25) is 0 Å². The van der Waals surface area contributed by atoms with Gasteiger partial charge in [0, 0.05) is 24.6 Å². The quantitative estimate of drug-likeness (QED) is 0.909. The number of ether oxygens (including phenoxy) is 1. The zero-order valence-corrected chi connectivity index (χ0v) is 10.4. The highest BCUT2D eigenvalue weighted by Crippen LogP contribution is 2.30. The second-order valence-corrected chi connectivity index (χ2v) is 5.00. The largest absolute Gasteiger partial charge is 0.472 e. The zero-order valence-electron chi connectivity index (χ0n) is 9.55. The molecule has 0 bridgehead atoms. The number of hydrogen-bond donors (Lipinski definition) is 1. The minimum absolute atomic E-state index is 0.305. The molecule has 90 valence electrons. The Morgan fingerprint density at radius 2 is 2.53 bits per heavy atom. The standard InChI is InChI=1S/C12H14N2O2S/c1-15-9-4-10(13-5-9)11-7-17-12(14-11)8-2-3-16-6-8/h2-3,6-7,9-10,13H,4-5H2,1H3. The molecule has 3 rings (SSSR count). The van der Waals surface area contributed by atoms with Gasteiger partial charge in [-0.15, -0.1) is 11.3 Å². The lowest BCUT2D eigenvalue weighted by molar-refractivity contribution is 0.117. The number of thiazole rings is 1. The lowest BCUT2D eigenvalue weighted by atomic mass is 10.1. The second-order valence-electron chi connectivity index (χ2n) is 4.14. The van der Waals surface area contributed by atoms with Crippen LogP contribution in [0.4, 0.5) is 0 Å². The van der Waals surface area contributed by atoms with E-state index in [0.717, 1.165) is 29.2 Å². The molecule has 0 aromatic carbocycles. The molecule has 1 fully saturated rings. The summed E-state index contributed by atoms with van der Waals surface area (Å²) in [5.41, 5.74) is 2.15. The van der Waals surface area contributed by atoms with Crippen molar-refractivity contribution in [2.75, 3.05) is 13.7 Å². The Kier molecular flexibility index (Phi) is 2.96. The fourth-order valence-corrected chi connectivity index (χ4v) is 2.93. The van der Waals surface area contributed by atoms with E-state index in [4.69, 9.17) is 9.15 Å². The lowest BCUT2D eigenvalue weighted by Crippen LogP contribution is -2.16. The van der Waals surface area contributed by atoms with Gasteiger partial charge in [0.15, 0.2) is 0 Å². The first kappa shape index (κ1) is 11.0. The molecule has 0 amide bonds. The van der Waals surface area contributed by atoms with E-state index in [0.29, 0.717) is 12.1 Å². The van der Waals surface area contributed by atoms with Crippen LogP contribution in [0.3, 0.4) is 0 Å². The Bertz CT molecular complexity index is 480. The third-order valence-electron chi connectivity index (χ3n) is 3.07. The van der Waals surface area contributed by atoms with Crippen LogP contribution in [0.5, 0.6) is 0 Å². The van der Waals surface area contributed by atoms with Crippen molar-refractivity contribution in [1.82, 2.24) is 10.3 Å². The number of nitrogens with one attached hydrogen (secondary N) is 1. The van der Waals surface area contributed by atoms with Crippen molar-refractivity contribution in [1.29, 1.82) is 0 Å². The van der Waals surface area contributed by atoms with E-state index in [9.17, 15) is 0 Å². The Morgan fingerprint density at radius 3 is 3.24 bits per heavy atom. The highest BCUT2D eigenvalue weighted by molar-refractivity contribution is 7.13. The van der Waals surface area contributed by atoms with Gasteiger partial charge in [0.2, 0.25) is 0 Å². The SMILES string of the molecule is COC1CNC(c2csc(-c3ccoc3)n2)C1. The van der Waals surface area contributed by atoms with E-state index < -0.39 is 0 Å². The van der Waals surface area contributed by atoms with Gasteiger partial charge < -0.3 is 14.5 Å². The maximum Gasteiger partial charge on any atom is 0.126 e. The molecule has 4 nitrogen and oxygen atoms in total. The van der Waals surface area contributed by atoms with Crippen molar-refractivity contribution >= 4 is 11.3 Å². The average molecular weight is 250 g/mol. The molecule has 0 saturated carbocycles. The van der Waals surface area contributed by atoms with E-state index in [-0.39, 0.29) is 0 Å². The summed E-state index contributed by atoms with van der Waals surface area (Å²) >= 11 is 1.65. The molecular formula is C12H14N2O2S. The minimum atomic E-state index is 0.305. The van der Waals surface area contributed by atoms with Gasteiger partial charge >= 0.3 is 0 Å². The van der Waals surface area contributed by atoms with Gasteiger partial charge in [-0.3, -0.25) is 0 Å². The second kappa shape index (κ2) is 4.60. The van der Waals surface area contributed by atoms with Crippen LogP contribution in [-0.2, 0) is 4.74 Å². The molecule has 2 atom stereocenters. The molecule has 5 heteroatoms. The van der Waals surface area contributed by atoms with E-state index in [2.05, 4.69) is 15.7 Å². The number of hydrogen-bond acceptors (Lipinski definition) is 5. The predicted molar refractivity (Wildman–Crippen MR) is 66.0 cm³/mol. The molecule has 17 heavy (non-hydrogen) atoms. The number of methoxy groups -OCH3 is 1. The first-order chi connectivity index (χ1) is 8.36. The van der Waals surface area contributed by atoms with Crippen molar-refractivity contribution in [3.63, 3.8) is 0 Å². The van der Waals surface area contributed by atoms with Gasteiger partial charge in [-0.05, 0) is 12.5 Å². The summed E-state index contributed by atoms with van der Waals surface area (Å²) in [5.74, 6) is 0. The summed E-state index contributed by atoms with van der Waals surface area (Å²) in [4.78, 5) is 4.64. The summed E-state index contributed by atoms with van der Waals surface area (Å²) in [6.45, 7) is 0.903. The van der Waals surface area contributed by atoms with Crippen LogP contribution in [0.15, 0.2) is 28.4 Å². The summed E-state index contributed by atoms with van der Waals surface area (Å²) in [6, 6.07) is 2.25. The molecule has 0 radical (unpaired) electrons. The molecule has 2 unspecified atom stereocenters. The number of furan rings is 1. The third kappa shape index (κ3) is 2.13. The van der Waals surface area contributed by atoms with Crippen molar-refractivity contribution in [3.05, 3.63) is 29.7 Å². The first-order valence-corrected chi connectivity index (χ1v) is 6.49. The highest BCUT2D eigenvalue weighted by Gasteiger charge is 2.26. The Labute approximate surface area is 104 Å². The summed E-state index contributed by atoms with van der Waals surface area (Å²) in [7, 11) is 1.76. The van der Waals surface area contributed by atoms with Crippen molar-refractivity contribution in [2.24, 2.45) is 0 Å². The van der Waals surface area contributed by atoms with Crippen LogP contribution < -0.4 is 5.32 Å². The Morgan fingerprint density at radius 1 is 1.59 bits per heavy atom. The molecule has 3 heterocycles. The topological polar surface area (TPSA) is 47.3 Å². The summed E-state index contributed by atoms with van der Waals surface area (Å²) in [6.07, 6.45) is 4.69. The molecule has 0 aliphatic carbocycles. The van der Waals surface area contributed by atoms with Crippen LogP contribution in [0.25, 0.3) is 10.6 Å². The molecule has 2 aromatic heterocycles. The molecule has 2 aromatic rings. The average Bonchev–Trinajstić information content (AvgIpc) is 3.09. The maximum atomic E-state index is 5.34. The summed E-state index contributed by atoms with van der Waals surface area (Å²) in [5, 5.41) is 6.55. The van der Waals surface area contributed by atoms with Crippen LogP contribution in [0.1, 0.15) is 18.2 Å². The molecule has 1 aliphatic rings. The van der Waals surface area contributed by atoms with Gasteiger partial charge in [-0.25, -0.2) is 4.98 Å². The fourth-order valence-electron chi connectivity index (χ4n) is 2.07. The van der Waals surface area contributed by atoms with E-state index in [1.807, 2.05) is 6.07 Å². The van der Waals surface area contributed by atoms with Gasteiger partial charge in [-0.1, -0.05) is 0 Å². The molecule has 1 aliphatic heterocycles. The minimum Gasteiger partial charge on any atom is -0.472 e. The van der Waals surface area contributed by atoms with E-state index in [1.54, 1.807) is 31.0 Å². The van der Waals surface area contributed by atoms with Crippen molar-refractivity contribution < 1.29 is 9.15 Å². The normalized spacial score (nSPS) is 24.3. The first-order valence-electron chi connectivity index (χ1n) is 5.61. The van der Waals surface area contributed by atoms with Gasteiger partial charge in [0.05, 0.1) is 24.1 Å². The van der Waals surface area contributed by atoms with Crippen LogP contribution in [0, 0.1) is 0 Å². The molecule has 0 spiro atoms. The highest BCUT2D eigenvalue weighted by atomic mass is 32.1.